The molecule has 16 heavy (non-hydrogen) atoms. The normalized spacial score (nSPS) is 29.5. The lowest BCUT2D eigenvalue weighted by Gasteiger charge is -2.32. The second-order valence-electron chi connectivity index (χ2n) is 4.91. The van der Waals surface area contributed by atoms with Crippen LogP contribution in [0, 0.1) is 5.92 Å². The molecule has 0 aromatic rings. The molecular weight excluding hydrogens is 202 g/mol. The molecule has 4 N–H and O–H groups in total. The number of piperidine rings is 1. The van der Waals surface area contributed by atoms with Crippen molar-refractivity contribution in [1.29, 1.82) is 0 Å². The fourth-order valence-electron chi connectivity index (χ4n) is 2.03. The summed E-state index contributed by atoms with van der Waals surface area (Å²) < 4.78 is 0. The number of carbonyl (C=O) groups excluding carboxylic acids is 1. The van der Waals surface area contributed by atoms with Gasteiger partial charge in [-0.1, -0.05) is 20.3 Å². The van der Waals surface area contributed by atoms with Crippen LogP contribution in [-0.4, -0.2) is 30.6 Å². The number of rotatable bonds is 4. The average molecular weight is 227 g/mol. The van der Waals surface area contributed by atoms with E-state index in [-0.39, 0.29) is 23.9 Å². The summed E-state index contributed by atoms with van der Waals surface area (Å²) in [5.74, 6) is 0.238. The Kier molecular flexibility index (Phi) is 5.22. The Balaban J connectivity index is 2.43. The van der Waals surface area contributed by atoms with E-state index in [1.807, 2.05) is 6.92 Å². The number of carbonyl (C=O) groups is 1. The molecule has 1 saturated heterocycles. The molecule has 0 radical (unpaired) electrons. The van der Waals surface area contributed by atoms with Crippen molar-refractivity contribution in [3.63, 3.8) is 0 Å². The van der Waals surface area contributed by atoms with Crippen molar-refractivity contribution in [3.8, 4) is 0 Å². The summed E-state index contributed by atoms with van der Waals surface area (Å²) in [7, 11) is 0. The second-order valence-corrected chi connectivity index (χ2v) is 4.91. The second kappa shape index (κ2) is 6.21. The van der Waals surface area contributed by atoms with Crippen LogP contribution in [0.25, 0.3) is 0 Å². The lowest BCUT2D eigenvalue weighted by atomic mass is 9.96. The maximum Gasteiger partial charge on any atom is 0.237 e. The fraction of sp³-hybridized carbons (Fsp3) is 0.917. The number of nitrogens with one attached hydrogen (secondary N) is 2. The molecule has 4 nitrogen and oxygen atoms in total. The molecule has 1 heterocycles. The summed E-state index contributed by atoms with van der Waals surface area (Å²) in [6.07, 6.45) is 3.11. The SMILES string of the molecule is CCC(C)C(N)C(=O)NC1CCCNC1C. The van der Waals surface area contributed by atoms with Crippen LogP contribution in [0.3, 0.4) is 0 Å². The maximum atomic E-state index is 11.9. The Bertz CT molecular complexity index is 232. The fourth-order valence-corrected chi connectivity index (χ4v) is 2.03. The van der Waals surface area contributed by atoms with Crippen LogP contribution in [-0.2, 0) is 4.79 Å². The predicted molar refractivity (Wildman–Crippen MR) is 66.1 cm³/mol. The first-order valence-corrected chi connectivity index (χ1v) is 6.35. The number of hydrogen-bond acceptors (Lipinski definition) is 3. The van der Waals surface area contributed by atoms with Gasteiger partial charge in [-0.05, 0) is 32.2 Å². The molecule has 1 fully saturated rings. The van der Waals surface area contributed by atoms with Gasteiger partial charge in [0.25, 0.3) is 0 Å². The van der Waals surface area contributed by atoms with Gasteiger partial charge in [-0.25, -0.2) is 0 Å². The molecule has 0 saturated carbocycles. The summed E-state index contributed by atoms with van der Waals surface area (Å²) in [6, 6.07) is 0.206. The number of amides is 1. The molecule has 1 aliphatic heterocycles. The number of hydrogen-bond donors (Lipinski definition) is 3. The largest absolute Gasteiger partial charge is 0.350 e. The van der Waals surface area contributed by atoms with Crippen LogP contribution < -0.4 is 16.4 Å². The minimum atomic E-state index is -0.376. The highest BCUT2D eigenvalue weighted by Crippen LogP contribution is 2.10. The highest BCUT2D eigenvalue weighted by Gasteiger charge is 2.26. The summed E-state index contributed by atoms with van der Waals surface area (Å²) >= 11 is 0. The van der Waals surface area contributed by atoms with E-state index >= 15 is 0 Å². The van der Waals surface area contributed by atoms with Crippen LogP contribution in [0.5, 0.6) is 0 Å². The Morgan fingerprint density at radius 2 is 2.31 bits per heavy atom. The highest BCUT2D eigenvalue weighted by molar-refractivity contribution is 5.82. The van der Waals surface area contributed by atoms with Crippen molar-refractivity contribution in [3.05, 3.63) is 0 Å². The van der Waals surface area contributed by atoms with Gasteiger partial charge in [-0.3, -0.25) is 4.79 Å². The molecule has 4 atom stereocenters. The third kappa shape index (κ3) is 3.46. The Hall–Kier alpha value is -0.610. The first-order chi connectivity index (χ1) is 7.56. The van der Waals surface area contributed by atoms with Gasteiger partial charge in [0, 0.05) is 12.1 Å². The molecule has 0 bridgehead atoms. The molecule has 0 spiro atoms. The molecule has 0 aliphatic carbocycles. The highest BCUT2D eigenvalue weighted by atomic mass is 16.2. The van der Waals surface area contributed by atoms with Crippen molar-refractivity contribution < 1.29 is 4.79 Å². The van der Waals surface area contributed by atoms with Gasteiger partial charge in [-0.2, -0.15) is 0 Å². The first kappa shape index (κ1) is 13.5. The third-order valence-electron chi connectivity index (χ3n) is 3.65. The molecule has 1 aliphatic rings. The summed E-state index contributed by atoms with van der Waals surface area (Å²) in [5, 5.41) is 6.42. The predicted octanol–water partition coefficient (Wildman–Crippen LogP) is 0.617. The van der Waals surface area contributed by atoms with Gasteiger partial charge < -0.3 is 16.4 Å². The third-order valence-corrected chi connectivity index (χ3v) is 3.65. The van der Waals surface area contributed by atoms with E-state index in [4.69, 9.17) is 5.73 Å². The maximum absolute atomic E-state index is 11.9. The molecule has 4 heteroatoms. The van der Waals surface area contributed by atoms with Gasteiger partial charge in [0.05, 0.1) is 6.04 Å². The smallest absolute Gasteiger partial charge is 0.237 e. The van der Waals surface area contributed by atoms with Crippen molar-refractivity contribution in [2.24, 2.45) is 11.7 Å². The molecule has 94 valence electrons. The monoisotopic (exact) mass is 227 g/mol. The lowest BCUT2D eigenvalue weighted by Crippen LogP contribution is -2.56. The van der Waals surface area contributed by atoms with E-state index in [9.17, 15) is 4.79 Å². The van der Waals surface area contributed by atoms with E-state index in [1.54, 1.807) is 0 Å². The zero-order valence-electron chi connectivity index (χ0n) is 10.6. The van der Waals surface area contributed by atoms with Gasteiger partial charge >= 0.3 is 0 Å². The molecule has 4 unspecified atom stereocenters. The lowest BCUT2D eigenvalue weighted by molar-refractivity contribution is -0.124. The van der Waals surface area contributed by atoms with E-state index < -0.39 is 0 Å². The van der Waals surface area contributed by atoms with Crippen LogP contribution in [0.2, 0.25) is 0 Å². The van der Waals surface area contributed by atoms with Crippen molar-refractivity contribution >= 4 is 5.91 Å². The van der Waals surface area contributed by atoms with E-state index in [2.05, 4.69) is 24.5 Å². The Morgan fingerprint density at radius 3 is 2.88 bits per heavy atom. The Labute approximate surface area is 98.3 Å². The van der Waals surface area contributed by atoms with Crippen LogP contribution >= 0.6 is 0 Å². The van der Waals surface area contributed by atoms with Crippen molar-refractivity contribution in [2.45, 2.75) is 58.2 Å². The van der Waals surface area contributed by atoms with Crippen LogP contribution in [0.1, 0.15) is 40.0 Å². The van der Waals surface area contributed by atoms with E-state index in [0.29, 0.717) is 6.04 Å². The van der Waals surface area contributed by atoms with Gasteiger partial charge in [-0.15, -0.1) is 0 Å². The molecule has 0 aromatic carbocycles. The zero-order valence-corrected chi connectivity index (χ0v) is 10.6. The molecule has 0 aromatic heterocycles. The van der Waals surface area contributed by atoms with Gasteiger partial charge in [0.15, 0.2) is 0 Å². The molecule has 1 amide bonds. The van der Waals surface area contributed by atoms with Crippen LogP contribution in [0.4, 0.5) is 0 Å². The summed E-state index contributed by atoms with van der Waals surface area (Å²) in [5.41, 5.74) is 5.90. The Morgan fingerprint density at radius 1 is 1.62 bits per heavy atom. The quantitative estimate of drug-likeness (QED) is 0.659. The number of nitrogens with two attached hydrogens (primary N) is 1. The van der Waals surface area contributed by atoms with Gasteiger partial charge in [0.1, 0.15) is 0 Å². The zero-order chi connectivity index (χ0) is 12.1. The topological polar surface area (TPSA) is 67.2 Å². The minimum absolute atomic E-state index is 0.00472. The van der Waals surface area contributed by atoms with E-state index in [1.165, 1.54) is 0 Å². The van der Waals surface area contributed by atoms with Crippen LogP contribution in [0.15, 0.2) is 0 Å². The average Bonchev–Trinajstić information content (AvgIpc) is 2.30. The summed E-state index contributed by atoms with van der Waals surface area (Å²) in [4.78, 5) is 11.9. The standard InChI is InChI=1S/C12H25N3O/c1-4-8(2)11(13)12(16)15-10-6-5-7-14-9(10)3/h8-11,14H,4-7,13H2,1-3H3,(H,15,16). The summed E-state index contributed by atoms with van der Waals surface area (Å²) in [6.45, 7) is 7.24. The molecule has 1 rings (SSSR count). The van der Waals surface area contributed by atoms with Crippen molar-refractivity contribution in [1.82, 2.24) is 10.6 Å². The van der Waals surface area contributed by atoms with Gasteiger partial charge in [0.2, 0.25) is 5.91 Å². The van der Waals surface area contributed by atoms with E-state index in [0.717, 1.165) is 25.8 Å². The van der Waals surface area contributed by atoms with Crippen molar-refractivity contribution in [2.75, 3.05) is 6.54 Å². The minimum Gasteiger partial charge on any atom is -0.350 e. The molecular formula is C12H25N3O. The first-order valence-electron chi connectivity index (χ1n) is 6.35.